The molecule has 39 heavy (non-hydrogen) atoms. The smallest absolute Gasteiger partial charge is 0.338 e. The number of rotatable bonds is 20. The molecule has 2 rings (SSSR count). The van der Waals surface area contributed by atoms with Crippen LogP contribution in [0.4, 0.5) is 0 Å². The van der Waals surface area contributed by atoms with Crippen LogP contribution in [0, 0.1) is 0 Å². The highest BCUT2D eigenvalue weighted by Gasteiger charge is 2.25. The summed E-state index contributed by atoms with van der Waals surface area (Å²) >= 11 is 0. The predicted molar refractivity (Wildman–Crippen MR) is 156 cm³/mol. The van der Waals surface area contributed by atoms with Crippen LogP contribution < -0.4 is 0 Å². The minimum Gasteiger partial charge on any atom is -0.461 e. The van der Waals surface area contributed by atoms with Crippen molar-refractivity contribution in [3.05, 3.63) is 94.4 Å². The minimum atomic E-state index is -0.899. The van der Waals surface area contributed by atoms with Crippen LogP contribution in [0.1, 0.15) is 105 Å². The van der Waals surface area contributed by atoms with Gasteiger partial charge in [0.2, 0.25) is 0 Å². The lowest BCUT2D eigenvalue weighted by Gasteiger charge is -2.21. The molecular weight excluding hydrogens is 490 g/mol. The summed E-state index contributed by atoms with van der Waals surface area (Å²) in [6, 6.07) is 16.3. The lowest BCUT2D eigenvalue weighted by molar-refractivity contribution is 0.0225. The number of benzene rings is 2. The molecule has 0 aromatic heterocycles. The molecule has 0 amide bonds. The zero-order valence-electron chi connectivity index (χ0n) is 23.2. The van der Waals surface area contributed by atoms with E-state index in [1.54, 1.807) is 60.7 Å². The third kappa shape index (κ3) is 13.7. The molecule has 2 aromatic rings. The van der Waals surface area contributed by atoms with Gasteiger partial charge in [0.05, 0.1) is 11.1 Å². The van der Waals surface area contributed by atoms with Crippen LogP contribution in [0.5, 0.6) is 0 Å². The van der Waals surface area contributed by atoms with Gasteiger partial charge in [-0.3, -0.25) is 0 Å². The Morgan fingerprint density at radius 3 is 1.85 bits per heavy atom. The van der Waals surface area contributed by atoms with Crippen LogP contribution in [0.3, 0.4) is 0 Å². The second-order valence-electron chi connectivity index (χ2n) is 9.73. The number of hydrogen-bond acceptors (Lipinski definition) is 5. The highest BCUT2D eigenvalue weighted by Crippen LogP contribution is 2.15. The van der Waals surface area contributed by atoms with Crippen molar-refractivity contribution in [2.75, 3.05) is 6.61 Å². The fourth-order valence-electron chi connectivity index (χ4n) is 4.25. The average Bonchev–Trinajstić information content (AvgIpc) is 2.97. The highest BCUT2D eigenvalue weighted by atomic mass is 16.6. The van der Waals surface area contributed by atoms with Crippen LogP contribution in [0.15, 0.2) is 77.9 Å². The molecule has 0 spiro atoms. The number of unbranched alkanes of at least 4 members (excludes halogenated alkanes) is 11. The van der Waals surface area contributed by atoms with Crippen molar-refractivity contribution < 1.29 is 19.1 Å². The van der Waals surface area contributed by atoms with E-state index in [2.05, 4.69) is 16.9 Å². The number of azide groups is 1. The van der Waals surface area contributed by atoms with Crippen LogP contribution in [0.2, 0.25) is 0 Å². The van der Waals surface area contributed by atoms with Gasteiger partial charge in [0.15, 0.2) is 0 Å². The quantitative estimate of drug-likeness (QED) is 0.0423. The van der Waals surface area contributed by atoms with Gasteiger partial charge < -0.3 is 9.47 Å². The lowest BCUT2D eigenvalue weighted by Crippen LogP contribution is -2.33. The van der Waals surface area contributed by atoms with Crippen molar-refractivity contribution in [1.29, 1.82) is 0 Å². The van der Waals surface area contributed by atoms with E-state index in [9.17, 15) is 9.59 Å². The summed E-state index contributed by atoms with van der Waals surface area (Å²) in [5.41, 5.74) is 9.94. The van der Waals surface area contributed by atoms with Gasteiger partial charge in [-0.2, -0.15) is 0 Å². The third-order valence-electron chi connectivity index (χ3n) is 6.53. The Morgan fingerprint density at radius 1 is 0.795 bits per heavy atom. The summed E-state index contributed by atoms with van der Waals surface area (Å²) in [4.78, 5) is 28.1. The van der Waals surface area contributed by atoms with Gasteiger partial charge in [-0.15, -0.1) is 0 Å². The summed E-state index contributed by atoms with van der Waals surface area (Å²) in [6.07, 6.45) is 17.6. The first-order valence-corrected chi connectivity index (χ1v) is 14.3. The first-order valence-electron chi connectivity index (χ1n) is 14.3. The topological polar surface area (TPSA) is 101 Å². The van der Waals surface area contributed by atoms with Gasteiger partial charge in [0, 0.05) is 4.91 Å². The van der Waals surface area contributed by atoms with Crippen molar-refractivity contribution in [3.8, 4) is 0 Å². The molecule has 2 atom stereocenters. The molecule has 0 aliphatic rings. The summed E-state index contributed by atoms with van der Waals surface area (Å²) in [5.74, 6) is -1.07. The largest absolute Gasteiger partial charge is 0.461 e. The fraction of sp³-hybridized carbons (Fsp3) is 0.500. The van der Waals surface area contributed by atoms with Crippen LogP contribution in [0.25, 0.3) is 10.4 Å². The Kier molecular flexibility index (Phi) is 16.6. The Morgan fingerprint density at radius 2 is 1.31 bits per heavy atom. The van der Waals surface area contributed by atoms with E-state index in [0.29, 0.717) is 11.1 Å². The molecule has 0 N–H and O–H groups in total. The molecule has 7 nitrogen and oxygen atoms in total. The predicted octanol–water partition coefficient (Wildman–Crippen LogP) is 9.01. The maximum atomic E-state index is 12.8. The summed E-state index contributed by atoms with van der Waals surface area (Å²) < 4.78 is 11.1. The number of nitrogens with zero attached hydrogens (tertiary/aromatic N) is 3. The highest BCUT2D eigenvalue weighted by molar-refractivity contribution is 5.90. The maximum absolute atomic E-state index is 12.8. The van der Waals surface area contributed by atoms with E-state index >= 15 is 0 Å². The Hall–Kier alpha value is -3.57. The van der Waals surface area contributed by atoms with Crippen LogP contribution >= 0.6 is 0 Å². The van der Waals surface area contributed by atoms with Gasteiger partial charge >= 0.3 is 11.9 Å². The summed E-state index contributed by atoms with van der Waals surface area (Å²) in [6.45, 7) is 2.03. The van der Waals surface area contributed by atoms with E-state index in [-0.39, 0.29) is 6.61 Å². The number of ether oxygens (including phenoxy) is 2. The molecule has 0 saturated carbocycles. The van der Waals surface area contributed by atoms with Gasteiger partial charge in [-0.25, -0.2) is 9.59 Å². The zero-order chi connectivity index (χ0) is 28.0. The number of esters is 2. The van der Waals surface area contributed by atoms with Gasteiger partial charge in [0.1, 0.15) is 18.8 Å². The second-order valence-corrected chi connectivity index (χ2v) is 9.73. The molecule has 2 aromatic carbocycles. The SMILES string of the molecule is CCCCCCCCCCCCC/C=C/[C@@H](OC(=O)c1ccccc1)[C@H](COC(=O)c1ccccc1)N=[N+]=[N-]. The number of carbonyl (C=O) groups is 2. The maximum Gasteiger partial charge on any atom is 0.338 e. The molecule has 0 heterocycles. The van der Waals surface area contributed by atoms with Gasteiger partial charge in [-0.1, -0.05) is 119 Å². The molecular formula is C32H43N3O4. The van der Waals surface area contributed by atoms with Gasteiger partial charge in [0.25, 0.3) is 0 Å². The number of allylic oxidation sites excluding steroid dienone is 1. The van der Waals surface area contributed by atoms with Crippen LogP contribution in [-0.4, -0.2) is 30.7 Å². The first-order chi connectivity index (χ1) is 19.2. The monoisotopic (exact) mass is 533 g/mol. The average molecular weight is 534 g/mol. The molecule has 0 unspecified atom stereocenters. The van der Waals surface area contributed by atoms with Crippen molar-refractivity contribution >= 4 is 11.9 Å². The molecule has 0 radical (unpaired) electrons. The summed E-state index contributed by atoms with van der Waals surface area (Å²) in [7, 11) is 0. The Labute approximate surface area is 233 Å². The normalized spacial score (nSPS) is 12.4. The molecule has 0 saturated heterocycles. The lowest BCUT2D eigenvalue weighted by atomic mass is 10.0. The fourth-order valence-corrected chi connectivity index (χ4v) is 4.25. The van der Waals surface area contributed by atoms with E-state index in [4.69, 9.17) is 15.0 Å². The van der Waals surface area contributed by atoms with Crippen molar-refractivity contribution in [2.24, 2.45) is 5.11 Å². The van der Waals surface area contributed by atoms with Crippen molar-refractivity contribution in [2.45, 2.75) is 96.1 Å². The minimum absolute atomic E-state index is 0.215. The summed E-state index contributed by atoms with van der Waals surface area (Å²) in [5, 5.41) is 3.79. The standard InChI is InChI=1S/C32H43N3O4/c1-2-3-4-5-6-7-8-9-10-11-12-13-20-25-30(39-32(37)28-23-18-15-19-24-28)29(34-35-33)26-38-31(36)27-21-16-14-17-22-27/h14-25,29-30H,2-13,26H2,1H3/b25-20+/t29-,30+/m0/s1. The Balaban J connectivity index is 1.88. The molecule has 0 aliphatic carbocycles. The Bertz CT molecular complexity index is 1020. The van der Waals surface area contributed by atoms with Crippen molar-refractivity contribution in [1.82, 2.24) is 0 Å². The molecule has 0 fully saturated rings. The van der Waals surface area contributed by atoms with Crippen molar-refractivity contribution in [3.63, 3.8) is 0 Å². The van der Waals surface area contributed by atoms with E-state index in [0.717, 1.165) is 19.3 Å². The van der Waals surface area contributed by atoms with Gasteiger partial charge in [-0.05, 0) is 48.7 Å². The molecule has 0 aliphatic heterocycles. The zero-order valence-corrected chi connectivity index (χ0v) is 23.2. The third-order valence-corrected chi connectivity index (χ3v) is 6.53. The van der Waals surface area contributed by atoms with E-state index in [1.165, 1.54) is 57.8 Å². The van der Waals surface area contributed by atoms with E-state index < -0.39 is 24.1 Å². The number of carbonyl (C=O) groups excluding carboxylic acids is 2. The first kappa shape index (κ1) is 31.6. The molecule has 210 valence electrons. The molecule has 0 bridgehead atoms. The second kappa shape index (κ2) is 20.4. The van der Waals surface area contributed by atoms with Crippen LogP contribution in [-0.2, 0) is 9.47 Å². The molecule has 7 heteroatoms. The number of hydrogen-bond donors (Lipinski definition) is 0. The van der Waals surface area contributed by atoms with E-state index in [1.807, 2.05) is 12.1 Å².